The van der Waals surface area contributed by atoms with E-state index >= 15 is 0 Å². The summed E-state index contributed by atoms with van der Waals surface area (Å²) in [5, 5.41) is 15.0. The highest BCUT2D eigenvalue weighted by atomic mass is 15.6. The molecule has 2 heterocycles. The summed E-state index contributed by atoms with van der Waals surface area (Å²) in [6.07, 6.45) is 4.59. The van der Waals surface area contributed by atoms with Gasteiger partial charge in [-0.15, -0.1) is 10.2 Å². The van der Waals surface area contributed by atoms with Crippen LogP contribution in [0.3, 0.4) is 0 Å². The largest absolute Gasteiger partial charge is 0.309 e. The predicted octanol–water partition coefficient (Wildman–Crippen LogP) is -0.0626. The van der Waals surface area contributed by atoms with Gasteiger partial charge in [0.05, 0.1) is 13.6 Å². The molecule has 0 aliphatic heterocycles. The van der Waals surface area contributed by atoms with Gasteiger partial charge in [-0.1, -0.05) is 0 Å². The van der Waals surface area contributed by atoms with Crippen molar-refractivity contribution in [1.29, 1.82) is 0 Å². The van der Waals surface area contributed by atoms with Gasteiger partial charge >= 0.3 is 0 Å². The van der Waals surface area contributed by atoms with Crippen LogP contribution in [0.25, 0.3) is 0 Å². The van der Waals surface area contributed by atoms with Crippen molar-refractivity contribution in [3.8, 4) is 0 Å². The average molecular weight is 218 g/mol. The van der Waals surface area contributed by atoms with Gasteiger partial charge in [0.25, 0.3) is 0 Å². The second kappa shape index (κ2) is 5.32. The third-order valence-corrected chi connectivity index (χ3v) is 2.17. The highest BCUT2D eigenvalue weighted by Gasteiger charge is 1.98. The molecule has 0 aromatic carbocycles. The van der Waals surface area contributed by atoms with Crippen LogP contribution in [0.15, 0.2) is 24.5 Å². The summed E-state index contributed by atoms with van der Waals surface area (Å²) in [5.74, 6) is 0.720. The van der Waals surface area contributed by atoms with Crippen molar-refractivity contribution in [3.63, 3.8) is 0 Å². The van der Waals surface area contributed by atoms with E-state index in [4.69, 9.17) is 0 Å². The van der Waals surface area contributed by atoms with Gasteiger partial charge in [-0.2, -0.15) is 4.80 Å². The van der Waals surface area contributed by atoms with E-state index in [1.165, 1.54) is 10.4 Å². The highest BCUT2D eigenvalue weighted by Crippen LogP contribution is 1.96. The Kier molecular flexibility index (Phi) is 3.55. The Morgan fingerprint density at radius 2 is 2.12 bits per heavy atom. The van der Waals surface area contributed by atoms with E-state index in [2.05, 4.69) is 25.7 Å². The second-order valence-corrected chi connectivity index (χ2v) is 3.48. The van der Waals surface area contributed by atoms with Crippen LogP contribution in [-0.2, 0) is 20.0 Å². The molecule has 0 unspecified atom stereocenters. The fourth-order valence-electron chi connectivity index (χ4n) is 1.38. The lowest BCUT2D eigenvalue weighted by atomic mass is 10.2. The minimum atomic E-state index is 0.652. The molecule has 0 radical (unpaired) electrons. The van der Waals surface area contributed by atoms with Crippen LogP contribution in [0.4, 0.5) is 0 Å². The maximum atomic E-state index is 4.08. The Balaban J connectivity index is 1.69. The smallest absolute Gasteiger partial charge is 0.188 e. The zero-order chi connectivity index (χ0) is 11.2. The molecule has 0 amide bonds. The Morgan fingerprint density at radius 3 is 2.81 bits per heavy atom. The molecule has 6 nitrogen and oxygen atoms in total. The van der Waals surface area contributed by atoms with Crippen molar-refractivity contribution in [2.45, 2.75) is 13.0 Å². The molecule has 0 atom stereocenters. The summed E-state index contributed by atoms with van der Waals surface area (Å²) in [7, 11) is 1.76. The molecule has 0 spiro atoms. The average Bonchev–Trinajstić information content (AvgIpc) is 2.72. The van der Waals surface area contributed by atoms with Crippen LogP contribution < -0.4 is 5.32 Å². The van der Waals surface area contributed by atoms with Gasteiger partial charge in [0.15, 0.2) is 5.82 Å². The van der Waals surface area contributed by atoms with E-state index < -0.39 is 0 Å². The fraction of sp³-hybridized carbons (Fsp3) is 0.400. The minimum absolute atomic E-state index is 0.652. The first-order valence-corrected chi connectivity index (χ1v) is 5.17. The Hall–Kier alpha value is -1.82. The number of hydrogen-bond acceptors (Lipinski definition) is 5. The van der Waals surface area contributed by atoms with E-state index in [1.807, 2.05) is 12.1 Å². The Labute approximate surface area is 93.7 Å². The Bertz CT molecular complexity index is 424. The summed E-state index contributed by atoms with van der Waals surface area (Å²) in [6, 6.07) is 4.03. The molecule has 0 aliphatic carbocycles. The second-order valence-electron chi connectivity index (χ2n) is 3.48. The molecular formula is C10H14N6. The molecule has 16 heavy (non-hydrogen) atoms. The summed E-state index contributed by atoms with van der Waals surface area (Å²) in [5.41, 5.74) is 1.27. The van der Waals surface area contributed by atoms with E-state index in [-0.39, 0.29) is 0 Å². The first kappa shape index (κ1) is 10.7. The number of nitrogens with zero attached hydrogens (tertiary/aromatic N) is 5. The van der Waals surface area contributed by atoms with Crippen LogP contribution in [0.5, 0.6) is 0 Å². The lowest BCUT2D eigenvalue weighted by Gasteiger charge is -2.01. The van der Waals surface area contributed by atoms with Crippen LogP contribution in [0, 0.1) is 0 Å². The lowest BCUT2D eigenvalue weighted by Crippen LogP contribution is -2.17. The fourth-order valence-corrected chi connectivity index (χ4v) is 1.38. The lowest BCUT2D eigenvalue weighted by molar-refractivity contribution is 0.619. The summed E-state index contributed by atoms with van der Waals surface area (Å²) < 4.78 is 0. The number of nitrogens with one attached hydrogen (secondary N) is 1. The van der Waals surface area contributed by atoms with Gasteiger partial charge in [0, 0.05) is 12.4 Å². The van der Waals surface area contributed by atoms with Crippen LogP contribution in [0.2, 0.25) is 0 Å². The molecule has 84 valence electrons. The normalized spacial score (nSPS) is 10.6. The molecule has 0 saturated heterocycles. The van der Waals surface area contributed by atoms with Crippen molar-refractivity contribution in [2.24, 2.45) is 7.05 Å². The topological polar surface area (TPSA) is 68.5 Å². The maximum absolute atomic E-state index is 4.08. The van der Waals surface area contributed by atoms with E-state index in [0.29, 0.717) is 6.54 Å². The van der Waals surface area contributed by atoms with Crippen molar-refractivity contribution in [1.82, 2.24) is 30.5 Å². The summed E-state index contributed by atoms with van der Waals surface area (Å²) in [4.78, 5) is 5.43. The van der Waals surface area contributed by atoms with Gasteiger partial charge in [-0.25, -0.2) is 0 Å². The first-order chi connectivity index (χ1) is 7.84. The molecule has 0 bridgehead atoms. The maximum Gasteiger partial charge on any atom is 0.188 e. The molecular weight excluding hydrogens is 204 g/mol. The standard InChI is InChI=1S/C10H14N6/c1-16-14-10(13-15-16)8-12-7-4-9-2-5-11-6-3-9/h2-3,5-6,12H,4,7-8H2,1H3. The molecule has 2 rings (SSSR count). The summed E-state index contributed by atoms with van der Waals surface area (Å²) >= 11 is 0. The number of pyridine rings is 1. The number of rotatable bonds is 5. The predicted molar refractivity (Wildman–Crippen MR) is 58.4 cm³/mol. The molecule has 2 aromatic heterocycles. The molecule has 2 aromatic rings. The molecule has 1 N–H and O–H groups in total. The van der Waals surface area contributed by atoms with Gasteiger partial charge in [-0.05, 0) is 35.9 Å². The third-order valence-electron chi connectivity index (χ3n) is 2.17. The minimum Gasteiger partial charge on any atom is -0.309 e. The van der Waals surface area contributed by atoms with Crippen molar-refractivity contribution in [3.05, 3.63) is 35.9 Å². The van der Waals surface area contributed by atoms with Crippen molar-refractivity contribution < 1.29 is 0 Å². The number of tetrazole rings is 1. The monoisotopic (exact) mass is 218 g/mol. The van der Waals surface area contributed by atoms with E-state index in [0.717, 1.165) is 18.8 Å². The highest BCUT2D eigenvalue weighted by molar-refractivity contribution is 5.09. The molecule has 0 aliphatic rings. The SMILES string of the molecule is Cn1nnc(CNCCc2ccncc2)n1. The molecule has 6 heteroatoms. The van der Waals surface area contributed by atoms with Gasteiger partial charge in [0.2, 0.25) is 0 Å². The zero-order valence-electron chi connectivity index (χ0n) is 9.17. The quantitative estimate of drug-likeness (QED) is 0.712. The number of hydrogen-bond donors (Lipinski definition) is 1. The van der Waals surface area contributed by atoms with E-state index in [9.17, 15) is 0 Å². The number of aromatic nitrogens is 5. The number of aryl methyl sites for hydroxylation is 1. The molecule has 0 fully saturated rings. The van der Waals surface area contributed by atoms with Crippen molar-refractivity contribution >= 4 is 0 Å². The van der Waals surface area contributed by atoms with Gasteiger partial charge in [-0.3, -0.25) is 4.98 Å². The third kappa shape index (κ3) is 3.09. The van der Waals surface area contributed by atoms with Crippen LogP contribution >= 0.6 is 0 Å². The van der Waals surface area contributed by atoms with Crippen LogP contribution in [0.1, 0.15) is 11.4 Å². The van der Waals surface area contributed by atoms with Crippen molar-refractivity contribution in [2.75, 3.05) is 6.54 Å². The van der Waals surface area contributed by atoms with Gasteiger partial charge in [0.1, 0.15) is 0 Å². The van der Waals surface area contributed by atoms with Gasteiger partial charge < -0.3 is 5.32 Å². The summed E-state index contributed by atoms with van der Waals surface area (Å²) in [6.45, 7) is 1.54. The zero-order valence-corrected chi connectivity index (χ0v) is 9.17. The van der Waals surface area contributed by atoms with Crippen LogP contribution in [-0.4, -0.2) is 31.7 Å². The Morgan fingerprint density at radius 1 is 1.31 bits per heavy atom. The molecule has 0 saturated carbocycles. The first-order valence-electron chi connectivity index (χ1n) is 5.17. The van der Waals surface area contributed by atoms with E-state index in [1.54, 1.807) is 19.4 Å².